The van der Waals surface area contributed by atoms with Gasteiger partial charge in [-0.15, -0.1) is 0 Å². The topological polar surface area (TPSA) is 46.6 Å². The number of hydrogen-bond acceptors (Lipinski definition) is 3. The predicted molar refractivity (Wildman–Crippen MR) is 58.8 cm³/mol. The van der Waals surface area contributed by atoms with Gasteiger partial charge in [-0.2, -0.15) is 0 Å². The van der Waals surface area contributed by atoms with Gasteiger partial charge in [0.15, 0.2) is 5.78 Å². The molecule has 0 aromatic heterocycles. The Morgan fingerprint density at radius 3 is 1.73 bits per heavy atom. The first kappa shape index (κ1) is 13.9. The number of carbonyl (C=O) groups is 2. The van der Waals surface area contributed by atoms with Gasteiger partial charge in [-0.05, 0) is 41.5 Å². The first-order valence-electron chi connectivity index (χ1n) is 4.96. The fourth-order valence-electron chi connectivity index (χ4n) is 0.795. The molecule has 0 heterocycles. The zero-order valence-electron chi connectivity index (χ0n) is 10.7. The Hall–Kier alpha value is -1.06. The van der Waals surface area contributed by atoms with E-state index in [2.05, 4.69) is 0 Å². The molecule has 0 rings (SSSR count). The van der Waals surface area contributed by atoms with E-state index in [-0.39, 0.29) is 5.78 Å². The standard InChI is InChI=1S/C11H21NO3/c1-8(13)11(5,6)12(7)9(14)15-10(2,3)4/h1-7H3. The summed E-state index contributed by atoms with van der Waals surface area (Å²) in [4.78, 5) is 24.3. The summed E-state index contributed by atoms with van der Waals surface area (Å²) in [6.07, 6.45) is -0.484. The molecule has 0 aliphatic carbocycles. The SMILES string of the molecule is CC(=O)C(C)(C)N(C)C(=O)OC(C)(C)C. The monoisotopic (exact) mass is 215 g/mol. The van der Waals surface area contributed by atoms with E-state index in [1.807, 2.05) is 0 Å². The number of rotatable bonds is 2. The summed E-state index contributed by atoms with van der Waals surface area (Å²) in [7, 11) is 1.56. The average Bonchev–Trinajstić information content (AvgIpc) is 1.99. The van der Waals surface area contributed by atoms with E-state index in [9.17, 15) is 9.59 Å². The van der Waals surface area contributed by atoms with E-state index in [0.717, 1.165) is 0 Å². The highest BCUT2D eigenvalue weighted by Gasteiger charge is 2.34. The first-order valence-corrected chi connectivity index (χ1v) is 4.96. The summed E-state index contributed by atoms with van der Waals surface area (Å²) in [5.41, 5.74) is -1.37. The molecule has 0 unspecified atom stereocenters. The maximum atomic E-state index is 11.7. The van der Waals surface area contributed by atoms with Crippen molar-refractivity contribution in [1.82, 2.24) is 4.90 Å². The molecule has 0 N–H and O–H groups in total. The van der Waals surface area contributed by atoms with Crippen molar-refractivity contribution in [2.75, 3.05) is 7.05 Å². The van der Waals surface area contributed by atoms with Gasteiger partial charge in [0.05, 0.1) is 5.54 Å². The van der Waals surface area contributed by atoms with E-state index in [1.165, 1.54) is 11.8 Å². The lowest BCUT2D eigenvalue weighted by molar-refractivity contribution is -0.126. The Kier molecular flexibility index (Phi) is 3.91. The highest BCUT2D eigenvalue weighted by atomic mass is 16.6. The number of likely N-dealkylation sites (N-methyl/N-ethyl adjacent to an activating group) is 1. The molecule has 1 amide bonds. The van der Waals surface area contributed by atoms with Crippen LogP contribution in [0, 0.1) is 0 Å². The number of nitrogens with zero attached hydrogens (tertiary/aromatic N) is 1. The van der Waals surface area contributed by atoms with Crippen LogP contribution >= 0.6 is 0 Å². The lowest BCUT2D eigenvalue weighted by atomic mass is 9.99. The summed E-state index contributed by atoms with van der Waals surface area (Å²) in [5, 5.41) is 0. The van der Waals surface area contributed by atoms with Crippen LogP contribution in [-0.2, 0) is 9.53 Å². The minimum Gasteiger partial charge on any atom is -0.444 e. The molecule has 0 fully saturated rings. The third-order valence-electron chi connectivity index (χ3n) is 2.37. The van der Waals surface area contributed by atoms with Gasteiger partial charge >= 0.3 is 6.09 Å². The van der Waals surface area contributed by atoms with E-state index in [1.54, 1.807) is 41.7 Å². The number of Topliss-reactive ketones (excluding diaryl/α,β-unsaturated/α-hetero) is 1. The van der Waals surface area contributed by atoms with Crippen molar-refractivity contribution in [3.63, 3.8) is 0 Å². The average molecular weight is 215 g/mol. The molecule has 4 heteroatoms. The van der Waals surface area contributed by atoms with Crippen LogP contribution in [-0.4, -0.2) is 35.0 Å². The zero-order chi connectivity index (χ0) is 12.4. The summed E-state index contributed by atoms with van der Waals surface area (Å²) in [6.45, 7) is 10.2. The normalized spacial score (nSPS) is 12.2. The molecule has 0 saturated heterocycles. The maximum Gasteiger partial charge on any atom is 0.410 e. The quantitative estimate of drug-likeness (QED) is 0.709. The fraction of sp³-hybridized carbons (Fsp3) is 0.818. The molecule has 0 spiro atoms. The smallest absolute Gasteiger partial charge is 0.410 e. The van der Waals surface area contributed by atoms with Crippen molar-refractivity contribution < 1.29 is 14.3 Å². The van der Waals surface area contributed by atoms with Gasteiger partial charge < -0.3 is 4.74 Å². The first-order chi connectivity index (χ1) is 6.48. The van der Waals surface area contributed by atoms with Crippen LogP contribution < -0.4 is 0 Å². The molecule has 0 bridgehead atoms. The fourth-order valence-corrected chi connectivity index (χ4v) is 0.795. The number of carbonyl (C=O) groups excluding carboxylic acids is 2. The predicted octanol–water partition coefficient (Wildman–Crippen LogP) is 2.22. The molecule has 0 aliphatic rings. The Bertz CT molecular complexity index is 263. The molecule has 88 valence electrons. The van der Waals surface area contributed by atoms with E-state index in [4.69, 9.17) is 4.74 Å². The molecule has 4 nitrogen and oxygen atoms in total. The van der Waals surface area contributed by atoms with Gasteiger partial charge in [-0.3, -0.25) is 9.69 Å². The Morgan fingerprint density at radius 1 is 1.07 bits per heavy atom. The minimum absolute atomic E-state index is 0.0733. The molecule has 0 aromatic carbocycles. The number of ether oxygens (including phenoxy) is 1. The molecule has 0 radical (unpaired) electrons. The molecule has 0 atom stereocenters. The van der Waals surface area contributed by atoms with Gasteiger partial charge in [-0.25, -0.2) is 4.79 Å². The molecule has 0 aromatic rings. The van der Waals surface area contributed by atoms with Crippen LogP contribution in [0.5, 0.6) is 0 Å². The summed E-state index contributed by atoms with van der Waals surface area (Å²) in [6, 6.07) is 0. The van der Waals surface area contributed by atoms with E-state index >= 15 is 0 Å². The lowest BCUT2D eigenvalue weighted by Gasteiger charge is -2.34. The van der Waals surface area contributed by atoms with Crippen LogP contribution in [0.4, 0.5) is 4.79 Å². The van der Waals surface area contributed by atoms with Crippen molar-refractivity contribution in [2.45, 2.75) is 52.7 Å². The summed E-state index contributed by atoms with van der Waals surface area (Å²) in [5.74, 6) is -0.0733. The molecule has 0 saturated carbocycles. The van der Waals surface area contributed by atoms with Crippen molar-refractivity contribution in [3.05, 3.63) is 0 Å². The van der Waals surface area contributed by atoms with Gasteiger partial charge in [0, 0.05) is 7.05 Å². The highest BCUT2D eigenvalue weighted by molar-refractivity contribution is 5.88. The van der Waals surface area contributed by atoms with Crippen LogP contribution in [0.1, 0.15) is 41.5 Å². The van der Waals surface area contributed by atoms with Crippen molar-refractivity contribution in [3.8, 4) is 0 Å². The third kappa shape index (κ3) is 3.90. The second kappa shape index (κ2) is 4.21. The lowest BCUT2D eigenvalue weighted by Crippen LogP contribution is -2.51. The van der Waals surface area contributed by atoms with Crippen LogP contribution in [0.2, 0.25) is 0 Å². The summed E-state index contributed by atoms with van der Waals surface area (Å²) >= 11 is 0. The summed E-state index contributed by atoms with van der Waals surface area (Å²) < 4.78 is 5.17. The van der Waals surface area contributed by atoms with Gasteiger partial charge in [0.1, 0.15) is 5.60 Å². The van der Waals surface area contributed by atoms with Crippen molar-refractivity contribution in [1.29, 1.82) is 0 Å². The van der Waals surface area contributed by atoms with Crippen LogP contribution in [0.3, 0.4) is 0 Å². The van der Waals surface area contributed by atoms with Gasteiger partial charge in [0.2, 0.25) is 0 Å². The van der Waals surface area contributed by atoms with Crippen LogP contribution in [0.25, 0.3) is 0 Å². The second-order valence-corrected chi connectivity index (χ2v) is 5.15. The van der Waals surface area contributed by atoms with Crippen LogP contribution in [0.15, 0.2) is 0 Å². The zero-order valence-corrected chi connectivity index (χ0v) is 10.7. The van der Waals surface area contributed by atoms with Gasteiger partial charge in [-0.1, -0.05) is 0 Å². The number of ketones is 1. The Morgan fingerprint density at radius 2 is 1.47 bits per heavy atom. The molecular formula is C11H21NO3. The highest BCUT2D eigenvalue weighted by Crippen LogP contribution is 2.17. The number of amides is 1. The third-order valence-corrected chi connectivity index (χ3v) is 2.37. The van der Waals surface area contributed by atoms with E-state index < -0.39 is 17.2 Å². The second-order valence-electron chi connectivity index (χ2n) is 5.15. The molecule has 15 heavy (non-hydrogen) atoms. The largest absolute Gasteiger partial charge is 0.444 e. The van der Waals surface area contributed by atoms with Gasteiger partial charge in [0.25, 0.3) is 0 Å². The molecular weight excluding hydrogens is 194 g/mol. The Balaban J connectivity index is 4.66. The van der Waals surface area contributed by atoms with Crippen molar-refractivity contribution in [2.24, 2.45) is 0 Å². The molecule has 0 aliphatic heterocycles. The van der Waals surface area contributed by atoms with E-state index in [0.29, 0.717) is 0 Å². The Labute approximate surface area is 91.6 Å². The minimum atomic E-state index is -0.831. The van der Waals surface area contributed by atoms with Crippen molar-refractivity contribution >= 4 is 11.9 Å². The number of hydrogen-bond donors (Lipinski definition) is 0. The maximum absolute atomic E-state index is 11.7.